The smallest absolute Gasteiger partial charge is 0.243 e. The molecule has 0 unspecified atom stereocenters. The van der Waals surface area contributed by atoms with Gasteiger partial charge >= 0.3 is 0 Å². The lowest BCUT2D eigenvalue weighted by Crippen LogP contribution is -2.33. The standard InChI is InChI=1S/C15H24N2O2S/c1-12(2)17(3)20(18,19)15-8-4-13(5-9-15)10-11-16-14-6-7-14/h4-5,8-9,12,14,16H,6-7,10-11H2,1-3H3. The van der Waals surface area contributed by atoms with E-state index in [1.165, 1.54) is 22.7 Å². The number of benzene rings is 1. The first-order valence-corrected chi connectivity index (χ1v) is 8.65. The molecule has 0 aromatic heterocycles. The summed E-state index contributed by atoms with van der Waals surface area (Å²) < 4.78 is 26.0. The first-order chi connectivity index (χ1) is 9.41. The molecule has 1 aromatic carbocycles. The lowest BCUT2D eigenvalue weighted by atomic mass is 10.1. The second-order valence-corrected chi connectivity index (χ2v) is 7.73. The van der Waals surface area contributed by atoms with Crippen LogP contribution in [0.5, 0.6) is 0 Å². The minimum absolute atomic E-state index is 0.0394. The topological polar surface area (TPSA) is 49.4 Å². The van der Waals surface area contributed by atoms with E-state index in [1.807, 2.05) is 26.0 Å². The zero-order chi connectivity index (χ0) is 14.8. The first kappa shape index (κ1) is 15.5. The van der Waals surface area contributed by atoms with E-state index in [0.717, 1.165) is 13.0 Å². The van der Waals surface area contributed by atoms with Crippen molar-refractivity contribution in [1.82, 2.24) is 9.62 Å². The molecule has 1 saturated carbocycles. The van der Waals surface area contributed by atoms with E-state index in [4.69, 9.17) is 0 Å². The third-order valence-corrected chi connectivity index (χ3v) is 5.80. The highest BCUT2D eigenvalue weighted by Gasteiger charge is 2.23. The fourth-order valence-corrected chi connectivity index (χ4v) is 3.35. The van der Waals surface area contributed by atoms with E-state index >= 15 is 0 Å². The van der Waals surface area contributed by atoms with Crippen LogP contribution in [0.4, 0.5) is 0 Å². The van der Waals surface area contributed by atoms with Gasteiger partial charge in [-0.15, -0.1) is 0 Å². The second kappa shape index (κ2) is 6.24. The number of rotatable bonds is 7. The minimum atomic E-state index is -3.36. The van der Waals surface area contributed by atoms with E-state index in [9.17, 15) is 8.42 Å². The van der Waals surface area contributed by atoms with Crippen LogP contribution >= 0.6 is 0 Å². The van der Waals surface area contributed by atoms with Gasteiger partial charge in [-0.1, -0.05) is 12.1 Å². The SMILES string of the molecule is CC(C)N(C)S(=O)(=O)c1ccc(CCNC2CC2)cc1. The number of nitrogens with zero attached hydrogens (tertiary/aromatic N) is 1. The Kier molecular flexibility index (Phi) is 4.83. The van der Waals surface area contributed by atoms with E-state index < -0.39 is 10.0 Å². The van der Waals surface area contributed by atoms with Gasteiger partial charge in [0, 0.05) is 19.1 Å². The molecule has 0 heterocycles. The van der Waals surface area contributed by atoms with Crippen LogP contribution < -0.4 is 5.32 Å². The third kappa shape index (κ3) is 3.81. The molecule has 0 spiro atoms. The van der Waals surface area contributed by atoms with Crippen LogP contribution in [0.2, 0.25) is 0 Å². The summed E-state index contributed by atoms with van der Waals surface area (Å²) in [6.45, 7) is 4.70. The molecule has 2 rings (SSSR count). The highest BCUT2D eigenvalue weighted by atomic mass is 32.2. The van der Waals surface area contributed by atoms with Gasteiger partial charge < -0.3 is 5.32 Å². The normalized spacial score (nSPS) is 16.1. The fraction of sp³-hybridized carbons (Fsp3) is 0.600. The number of hydrogen-bond donors (Lipinski definition) is 1. The van der Waals surface area contributed by atoms with Crippen molar-refractivity contribution in [1.29, 1.82) is 0 Å². The Labute approximate surface area is 122 Å². The Bertz CT molecular complexity index is 533. The third-order valence-electron chi connectivity index (χ3n) is 3.75. The van der Waals surface area contributed by atoms with Crippen molar-refractivity contribution >= 4 is 10.0 Å². The highest BCUT2D eigenvalue weighted by molar-refractivity contribution is 7.89. The van der Waals surface area contributed by atoms with Gasteiger partial charge in [-0.2, -0.15) is 4.31 Å². The monoisotopic (exact) mass is 296 g/mol. The van der Waals surface area contributed by atoms with E-state index in [1.54, 1.807) is 19.2 Å². The van der Waals surface area contributed by atoms with Crippen LogP contribution in [0.1, 0.15) is 32.3 Å². The zero-order valence-corrected chi connectivity index (χ0v) is 13.3. The summed E-state index contributed by atoms with van der Waals surface area (Å²) in [6, 6.07) is 7.92. The van der Waals surface area contributed by atoms with Gasteiger partial charge in [0.05, 0.1) is 4.90 Å². The van der Waals surface area contributed by atoms with Crippen molar-refractivity contribution in [2.45, 2.75) is 50.1 Å². The molecule has 0 atom stereocenters. The number of hydrogen-bond acceptors (Lipinski definition) is 3. The Hall–Kier alpha value is -0.910. The lowest BCUT2D eigenvalue weighted by molar-refractivity contribution is 0.410. The molecule has 20 heavy (non-hydrogen) atoms. The van der Waals surface area contributed by atoms with Crippen LogP contribution in [-0.2, 0) is 16.4 Å². The maximum Gasteiger partial charge on any atom is 0.243 e. The van der Waals surface area contributed by atoms with Gasteiger partial charge in [-0.3, -0.25) is 0 Å². The highest BCUT2D eigenvalue weighted by Crippen LogP contribution is 2.19. The molecule has 1 aromatic rings. The molecule has 112 valence electrons. The molecule has 0 bridgehead atoms. The summed E-state index contributed by atoms with van der Waals surface area (Å²) in [6.07, 6.45) is 3.52. The summed E-state index contributed by atoms with van der Waals surface area (Å²) >= 11 is 0. The van der Waals surface area contributed by atoms with Crippen molar-refractivity contribution < 1.29 is 8.42 Å². The van der Waals surface area contributed by atoms with Crippen LogP contribution in [0.25, 0.3) is 0 Å². The summed E-state index contributed by atoms with van der Waals surface area (Å²) in [5.74, 6) is 0. The molecule has 1 aliphatic carbocycles. The van der Waals surface area contributed by atoms with Crippen molar-refractivity contribution in [2.24, 2.45) is 0 Å². The summed E-state index contributed by atoms with van der Waals surface area (Å²) in [4.78, 5) is 0.368. The van der Waals surface area contributed by atoms with Crippen LogP contribution in [0.15, 0.2) is 29.2 Å². The molecule has 0 radical (unpaired) electrons. The van der Waals surface area contributed by atoms with E-state index in [0.29, 0.717) is 10.9 Å². The predicted octanol–water partition coefficient (Wildman–Crippen LogP) is 2.01. The Balaban J connectivity index is 1.99. The van der Waals surface area contributed by atoms with Gasteiger partial charge in [0.15, 0.2) is 0 Å². The summed E-state index contributed by atoms with van der Waals surface area (Å²) in [7, 11) is -1.74. The first-order valence-electron chi connectivity index (χ1n) is 7.21. The van der Waals surface area contributed by atoms with Gasteiger partial charge in [-0.05, 0) is 57.4 Å². The van der Waals surface area contributed by atoms with Crippen LogP contribution in [0.3, 0.4) is 0 Å². The molecular weight excluding hydrogens is 272 g/mol. The van der Waals surface area contributed by atoms with Gasteiger partial charge in [0.1, 0.15) is 0 Å². The maximum absolute atomic E-state index is 12.3. The molecular formula is C15H24N2O2S. The average Bonchev–Trinajstić information content (AvgIpc) is 3.22. The van der Waals surface area contributed by atoms with E-state index in [-0.39, 0.29) is 6.04 Å². The van der Waals surface area contributed by atoms with Gasteiger partial charge in [-0.25, -0.2) is 8.42 Å². The number of sulfonamides is 1. The molecule has 4 nitrogen and oxygen atoms in total. The quantitative estimate of drug-likeness (QED) is 0.837. The minimum Gasteiger partial charge on any atom is -0.314 e. The van der Waals surface area contributed by atoms with Crippen molar-refractivity contribution in [3.05, 3.63) is 29.8 Å². The zero-order valence-electron chi connectivity index (χ0n) is 12.5. The Morgan fingerprint density at radius 2 is 1.85 bits per heavy atom. The van der Waals surface area contributed by atoms with Crippen molar-refractivity contribution in [3.8, 4) is 0 Å². The summed E-state index contributed by atoms with van der Waals surface area (Å²) in [5, 5.41) is 3.46. The molecule has 0 aliphatic heterocycles. The van der Waals surface area contributed by atoms with Gasteiger partial charge in [0.25, 0.3) is 0 Å². The molecule has 0 saturated heterocycles. The maximum atomic E-state index is 12.3. The Morgan fingerprint density at radius 1 is 1.25 bits per heavy atom. The molecule has 1 aliphatic rings. The second-order valence-electron chi connectivity index (χ2n) is 5.74. The van der Waals surface area contributed by atoms with Gasteiger partial charge in [0.2, 0.25) is 10.0 Å². The number of nitrogens with one attached hydrogen (secondary N) is 1. The predicted molar refractivity (Wildman–Crippen MR) is 81.3 cm³/mol. The Morgan fingerprint density at radius 3 is 2.35 bits per heavy atom. The lowest BCUT2D eigenvalue weighted by Gasteiger charge is -2.21. The van der Waals surface area contributed by atoms with Crippen LogP contribution in [-0.4, -0.2) is 38.4 Å². The summed E-state index contributed by atoms with van der Waals surface area (Å²) in [5.41, 5.74) is 1.17. The van der Waals surface area contributed by atoms with E-state index in [2.05, 4.69) is 5.32 Å². The molecule has 1 fully saturated rings. The largest absolute Gasteiger partial charge is 0.314 e. The average molecular weight is 296 g/mol. The molecule has 1 N–H and O–H groups in total. The van der Waals surface area contributed by atoms with Crippen molar-refractivity contribution in [2.75, 3.05) is 13.6 Å². The van der Waals surface area contributed by atoms with Crippen LogP contribution in [0, 0.1) is 0 Å². The molecule has 0 amide bonds. The molecule has 5 heteroatoms. The van der Waals surface area contributed by atoms with Crippen molar-refractivity contribution in [3.63, 3.8) is 0 Å². The fourth-order valence-electron chi connectivity index (χ4n) is 1.98.